The number of methoxy groups -OCH3 is 1. The number of rotatable bonds is 7. The zero-order chi connectivity index (χ0) is 22.9. The number of amides is 1. The van der Waals surface area contributed by atoms with Crippen molar-refractivity contribution in [2.75, 3.05) is 18.7 Å². The van der Waals surface area contributed by atoms with E-state index in [4.69, 9.17) is 13.9 Å². The fourth-order valence-electron chi connectivity index (χ4n) is 3.14. The van der Waals surface area contributed by atoms with E-state index in [0.717, 1.165) is 6.26 Å². The van der Waals surface area contributed by atoms with E-state index >= 15 is 0 Å². The van der Waals surface area contributed by atoms with Gasteiger partial charge in [-0.2, -0.15) is 5.10 Å². The molecule has 0 saturated heterocycles. The highest BCUT2D eigenvalue weighted by atomic mass is 32.2. The summed E-state index contributed by atoms with van der Waals surface area (Å²) in [5.74, 6) is 1.40. The number of aromatic nitrogens is 2. The van der Waals surface area contributed by atoms with E-state index in [1.54, 1.807) is 61.4 Å². The van der Waals surface area contributed by atoms with Gasteiger partial charge in [-0.1, -0.05) is 0 Å². The molecule has 2 heterocycles. The highest BCUT2D eigenvalue weighted by molar-refractivity contribution is 7.90. The van der Waals surface area contributed by atoms with Crippen LogP contribution in [0.2, 0.25) is 0 Å². The maximum absolute atomic E-state index is 12.8. The van der Waals surface area contributed by atoms with E-state index in [2.05, 4.69) is 10.4 Å². The summed E-state index contributed by atoms with van der Waals surface area (Å²) in [6.45, 7) is 0.257. The zero-order valence-electron chi connectivity index (χ0n) is 17.7. The van der Waals surface area contributed by atoms with Crippen LogP contribution < -0.4 is 10.1 Å². The number of nitrogens with zero attached hydrogens (tertiary/aromatic N) is 2. The van der Waals surface area contributed by atoms with Gasteiger partial charge in [-0.3, -0.25) is 9.48 Å². The predicted octanol–water partition coefficient (Wildman–Crippen LogP) is 3.76. The molecule has 0 aliphatic heterocycles. The number of carbonyl (C=O) groups excluding carboxylic acids is 1. The van der Waals surface area contributed by atoms with Crippen molar-refractivity contribution >= 4 is 32.5 Å². The average Bonchev–Trinajstić information content (AvgIpc) is 3.33. The number of carbonyl (C=O) groups is 1. The summed E-state index contributed by atoms with van der Waals surface area (Å²) in [6.07, 6.45) is 2.86. The van der Waals surface area contributed by atoms with Gasteiger partial charge in [0.1, 0.15) is 29.4 Å². The minimum absolute atomic E-state index is 0.184. The molecule has 9 nitrogen and oxygen atoms in total. The monoisotopic (exact) mass is 455 g/mol. The number of fused-ring (bicyclic) bond motifs is 1. The molecule has 4 rings (SSSR count). The van der Waals surface area contributed by atoms with Crippen molar-refractivity contribution < 1.29 is 27.1 Å². The average molecular weight is 455 g/mol. The molecule has 32 heavy (non-hydrogen) atoms. The molecule has 0 atom stereocenters. The van der Waals surface area contributed by atoms with Crippen molar-refractivity contribution in [3.8, 4) is 11.5 Å². The van der Waals surface area contributed by atoms with Crippen LogP contribution in [0, 0.1) is 0 Å². The lowest BCUT2D eigenvalue weighted by atomic mass is 10.1. The third-order valence-corrected chi connectivity index (χ3v) is 5.76. The Balaban J connectivity index is 1.71. The number of nitrogens with one attached hydrogen (secondary N) is 1. The molecular formula is C22H21N3O6S. The highest BCUT2D eigenvalue weighted by Crippen LogP contribution is 2.34. The standard InChI is InChI=1S/C22H21N3O6S/c1-25-9-8-21(24-25)23-22(26)14-10-19(18-12-16(13-29-2)31-20(18)11-14)30-15-4-6-17(7-5-15)32(3,27)28/h4-12H,13H2,1-3H3,(H,23,24,26). The quantitative estimate of drug-likeness (QED) is 0.451. The van der Waals surface area contributed by atoms with Crippen LogP contribution in [0.25, 0.3) is 11.0 Å². The SMILES string of the molecule is COCc1cc2c(Oc3ccc(S(C)(=O)=O)cc3)cc(C(=O)Nc3ccn(C)n3)cc2o1. The van der Waals surface area contributed by atoms with Crippen molar-refractivity contribution in [3.05, 3.63) is 66.1 Å². The van der Waals surface area contributed by atoms with Gasteiger partial charge < -0.3 is 19.2 Å². The number of aryl methyl sites for hydroxylation is 1. The smallest absolute Gasteiger partial charge is 0.257 e. The number of furan rings is 1. The molecule has 0 aliphatic rings. The lowest BCUT2D eigenvalue weighted by Gasteiger charge is -2.10. The van der Waals surface area contributed by atoms with E-state index in [1.165, 1.54) is 12.1 Å². The Morgan fingerprint density at radius 1 is 1.16 bits per heavy atom. The lowest BCUT2D eigenvalue weighted by Crippen LogP contribution is -2.12. The minimum atomic E-state index is -3.32. The zero-order valence-corrected chi connectivity index (χ0v) is 18.5. The molecule has 2 aromatic heterocycles. The van der Waals surface area contributed by atoms with E-state index < -0.39 is 9.84 Å². The molecule has 0 saturated carbocycles. The Labute approximate surface area is 184 Å². The van der Waals surface area contributed by atoms with Crippen LogP contribution in [-0.4, -0.2) is 37.5 Å². The molecule has 0 radical (unpaired) electrons. The normalized spacial score (nSPS) is 11.6. The first-order valence-electron chi connectivity index (χ1n) is 9.57. The van der Waals surface area contributed by atoms with Gasteiger partial charge in [-0.15, -0.1) is 0 Å². The second-order valence-corrected chi connectivity index (χ2v) is 9.22. The minimum Gasteiger partial charge on any atom is -0.458 e. The van der Waals surface area contributed by atoms with Crippen molar-refractivity contribution in [1.29, 1.82) is 0 Å². The summed E-state index contributed by atoms with van der Waals surface area (Å²) < 4.78 is 41.9. The first-order chi connectivity index (χ1) is 15.2. The molecule has 166 valence electrons. The summed E-state index contributed by atoms with van der Waals surface area (Å²) in [5, 5.41) is 7.53. The second kappa shape index (κ2) is 8.48. The number of ether oxygens (including phenoxy) is 2. The Hall–Kier alpha value is -3.63. The number of sulfone groups is 1. The van der Waals surface area contributed by atoms with Crippen LogP contribution >= 0.6 is 0 Å². The van der Waals surface area contributed by atoms with E-state index in [1.807, 2.05) is 0 Å². The predicted molar refractivity (Wildman–Crippen MR) is 118 cm³/mol. The van der Waals surface area contributed by atoms with Crippen LogP contribution in [0.4, 0.5) is 5.82 Å². The molecule has 0 unspecified atom stereocenters. The Bertz CT molecular complexity index is 1390. The molecular weight excluding hydrogens is 434 g/mol. The van der Waals surface area contributed by atoms with Crippen molar-refractivity contribution in [1.82, 2.24) is 9.78 Å². The summed E-state index contributed by atoms with van der Waals surface area (Å²) in [7, 11) is -0.0130. The van der Waals surface area contributed by atoms with Gasteiger partial charge in [0.15, 0.2) is 15.7 Å². The van der Waals surface area contributed by atoms with Gasteiger partial charge in [-0.25, -0.2) is 8.42 Å². The van der Waals surface area contributed by atoms with Crippen LogP contribution in [-0.2, 0) is 28.2 Å². The maximum Gasteiger partial charge on any atom is 0.257 e. The molecule has 1 amide bonds. The van der Waals surface area contributed by atoms with Gasteiger partial charge in [0.05, 0.1) is 10.3 Å². The fourth-order valence-corrected chi connectivity index (χ4v) is 3.77. The van der Waals surface area contributed by atoms with Crippen LogP contribution in [0.3, 0.4) is 0 Å². The van der Waals surface area contributed by atoms with Gasteiger partial charge in [0.2, 0.25) is 0 Å². The van der Waals surface area contributed by atoms with Crippen LogP contribution in [0.1, 0.15) is 16.1 Å². The molecule has 0 fully saturated rings. The third-order valence-electron chi connectivity index (χ3n) is 4.63. The fraction of sp³-hybridized carbons (Fsp3) is 0.182. The maximum atomic E-state index is 12.8. The first-order valence-corrected chi connectivity index (χ1v) is 11.5. The summed E-state index contributed by atoms with van der Waals surface area (Å²) >= 11 is 0. The Kier molecular flexibility index (Phi) is 5.72. The van der Waals surface area contributed by atoms with Gasteiger partial charge in [-0.05, 0) is 42.5 Å². The largest absolute Gasteiger partial charge is 0.458 e. The third kappa shape index (κ3) is 4.66. The van der Waals surface area contributed by atoms with Crippen molar-refractivity contribution in [3.63, 3.8) is 0 Å². The van der Waals surface area contributed by atoms with E-state index in [9.17, 15) is 13.2 Å². The molecule has 4 aromatic rings. The number of hydrogen-bond acceptors (Lipinski definition) is 7. The number of benzene rings is 2. The highest BCUT2D eigenvalue weighted by Gasteiger charge is 2.17. The first kappa shape index (κ1) is 21.6. The van der Waals surface area contributed by atoms with Crippen molar-refractivity contribution in [2.24, 2.45) is 7.05 Å². The molecule has 1 N–H and O–H groups in total. The van der Waals surface area contributed by atoms with Crippen molar-refractivity contribution in [2.45, 2.75) is 11.5 Å². The summed E-state index contributed by atoms with van der Waals surface area (Å²) in [4.78, 5) is 13.0. The Morgan fingerprint density at radius 3 is 2.53 bits per heavy atom. The Morgan fingerprint density at radius 2 is 1.91 bits per heavy atom. The number of anilines is 1. The topological polar surface area (TPSA) is 113 Å². The molecule has 10 heteroatoms. The second-order valence-electron chi connectivity index (χ2n) is 7.21. The number of hydrogen-bond donors (Lipinski definition) is 1. The summed E-state index contributed by atoms with van der Waals surface area (Å²) in [6, 6.07) is 12.7. The van der Waals surface area contributed by atoms with E-state index in [0.29, 0.717) is 39.6 Å². The van der Waals surface area contributed by atoms with Gasteiger partial charge in [0.25, 0.3) is 5.91 Å². The molecule has 2 aromatic carbocycles. The van der Waals surface area contributed by atoms with Crippen LogP contribution in [0.15, 0.2) is 64.0 Å². The summed E-state index contributed by atoms with van der Waals surface area (Å²) in [5.41, 5.74) is 0.762. The van der Waals surface area contributed by atoms with Gasteiger partial charge in [0, 0.05) is 38.2 Å². The molecule has 0 spiro atoms. The molecule has 0 bridgehead atoms. The molecule has 0 aliphatic carbocycles. The lowest BCUT2D eigenvalue weighted by molar-refractivity contribution is 0.102. The van der Waals surface area contributed by atoms with E-state index in [-0.39, 0.29) is 17.4 Å². The van der Waals surface area contributed by atoms with Gasteiger partial charge >= 0.3 is 0 Å². The van der Waals surface area contributed by atoms with Crippen LogP contribution in [0.5, 0.6) is 11.5 Å².